The summed E-state index contributed by atoms with van der Waals surface area (Å²) in [6.07, 6.45) is 2.49. The highest BCUT2D eigenvalue weighted by molar-refractivity contribution is 7.89. The van der Waals surface area contributed by atoms with Crippen LogP contribution < -0.4 is 10.0 Å². The van der Waals surface area contributed by atoms with E-state index in [1.807, 2.05) is 0 Å². The molecule has 0 aliphatic carbocycles. The fourth-order valence-electron chi connectivity index (χ4n) is 4.27. The van der Waals surface area contributed by atoms with Gasteiger partial charge in [-0.05, 0) is 55.2 Å². The molecule has 1 saturated heterocycles. The molecule has 1 unspecified atom stereocenters. The van der Waals surface area contributed by atoms with E-state index in [4.69, 9.17) is 4.52 Å². The molecule has 1 atom stereocenters. The SMILES string of the molecule is O=C1CCC(N2C(=O)c3ccc(CCCNS(=O)(=O)c4ccc5oncc5c4)cc3C2=O)C(=O)N1. The van der Waals surface area contributed by atoms with Gasteiger partial charge in [-0.15, -0.1) is 0 Å². The largest absolute Gasteiger partial charge is 0.356 e. The van der Waals surface area contributed by atoms with E-state index in [-0.39, 0.29) is 35.4 Å². The van der Waals surface area contributed by atoms with Gasteiger partial charge in [0.1, 0.15) is 6.04 Å². The zero-order valence-electron chi connectivity index (χ0n) is 18.3. The van der Waals surface area contributed by atoms with Crippen LogP contribution in [-0.2, 0) is 26.0 Å². The summed E-state index contributed by atoms with van der Waals surface area (Å²) >= 11 is 0. The normalized spacial score (nSPS) is 18.3. The minimum Gasteiger partial charge on any atom is -0.356 e. The lowest BCUT2D eigenvalue weighted by Crippen LogP contribution is -2.54. The maximum atomic E-state index is 12.9. The van der Waals surface area contributed by atoms with Crippen molar-refractivity contribution in [1.82, 2.24) is 20.1 Å². The number of sulfonamides is 1. The maximum absolute atomic E-state index is 12.9. The average Bonchev–Trinajstić information content (AvgIpc) is 3.39. The Labute approximate surface area is 199 Å². The second-order valence-electron chi connectivity index (χ2n) is 8.35. The first-order valence-corrected chi connectivity index (χ1v) is 12.4. The number of piperidine rings is 1. The van der Waals surface area contributed by atoms with Gasteiger partial charge in [-0.3, -0.25) is 29.4 Å². The summed E-state index contributed by atoms with van der Waals surface area (Å²) in [7, 11) is -3.73. The molecule has 0 spiro atoms. The summed E-state index contributed by atoms with van der Waals surface area (Å²) in [6, 6.07) is 8.27. The van der Waals surface area contributed by atoms with Crippen LogP contribution in [0.25, 0.3) is 11.0 Å². The molecule has 2 aromatic carbocycles. The van der Waals surface area contributed by atoms with E-state index >= 15 is 0 Å². The van der Waals surface area contributed by atoms with Crippen LogP contribution in [0.5, 0.6) is 0 Å². The highest BCUT2D eigenvalue weighted by Gasteiger charge is 2.44. The first-order chi connectivity index (χ1) is 16.7. The highest BCUT2D eigenvalue weighted by atomic mass is 32.2. The van der Waals surface area contributed by atoms with Crippen molar-refractivity contribution in [2.24, 2.45) is 0 Å². The predicted molar refractivity (Wildman–Crippen MR) is 121 cm³/mol. The molecule has 2 aliphatic heterocycles. The van der Waals surface area contributed by atoms with E-state index in [1.54, 1.807) is 12.1 Å². The Hall–Kier alpha value is -3.90. The van der Waals surface area contributed by atoms with Gasteiger partial charge in [0, 0.05) is 18.4 Å². The Morgan fingerprint density at radius 3 is 2.66 bits per heavy atom. The molecule has 11 nitrogen and oxygen atoms in total. The summed E-state index contributed by atoms with van der Waals surface area (Å²) in [5, 5.41) is 6.38. The van der Waals surface area contributed by atoms with Gasteiger partial charge >= 0.3 is 0 Å². The molecular weight excluding hydrogens is 476 g/mol. The summed E-state index contributed by atoms with van der Waals surface area (Å²) < 4.78 is 32.7. The molecule has 5 rings (SSSR count). The molecule has 3 heterocycles. The Bertz CT molecular complexity index is 1490. The number of carbonyl (C=O) groups is 4. The second kappa shape index (κ2) is 8.71. The van der Waals surface area contributed by atoms with Gasteiger partial charge in [-0.25, -0.2) is 13.1 Å². The Balaban J connectivity index is 1.22. The number of fused-ring (bicyclic) bond motifs is 2. The van der Waals surface area contributed by atoms with Crippen LogP contribution in [0.15, 0.2) is 52.0 Å². The molecule has 0 bridgehead atoms. The number of aryl methyl sites for hydroxylation is 1. The van der Waals surface area contributed by atoms with E-state index in [1.165, 1.54) is 30.5 Å². The first-order valence-electron chi connectivity index (χ1n) is 10.9. The van der Waals surface area contributed by atoms with Crippen LogP contribution in [0.2, 0.25) is 0 Å². The van der Waals surface area contributed by atoms with Gasteiger partial charge in [0.05, 0.1) is 22.2 Å². The number of imide groups is 2. The van der Waals surface area contributed by atoms with Gasteiger partial charge in [0.25, 0.3) is 11.8 Å². The number of rotatable bonds is 7. The summed E-state index contributed by atoms with van der Waals surface area (Å²) in [6.45, 7) is 0.163. The lowest BCUT2D eigenvalue weighted by molar-refractivity contribution is -0.136. The van der Waals surface area contributed by atoms with Crippen LogP contribution in [0.1, 0.15) is 45.5 Å². The zero-order valence-corrected chi connectivity index (χ0v) is 19.1. The number of hydrogen-bond acceptors (Lipinski definition) is 8. The molecule has 0 radical (unpaired) electrons. The van der Waals surface area contributed by atoms with Crippen molar-refractivity contribution in [3.05, 3.63) is 59.3 Å². The Kier molecular flexibility index (Phi) is 5.69. The Morgan fingerprint density at radius 2 is 1.86 bits per heavy atom. The fourth-order valence-corrected chi connectivity index (χ4v) is 5.38. The van der Waals surface area contributed by atoms with E-state index in [2.05, 4.69) is 15.2 Å². The van der Waals surface area contributed by atoms with E-state index in [9.17, 15) is 27.6 Å². The molecule has 2 aliphatic rings. The highest BCUT2D eigenvalue weighted by Crippen LogP contribution is 2.28. The van der Waals surface area contributed by atoms with Crippen LogP contribution in [0, 0.1) is 0 Å². The van der Waals surface area contributed by atoms with Gasteiger partial charge in [-0.2, -0.15) is 0 Å². The third-order valence-corrected chi connectivity index (χ3v) is 7.53. The van der Waals surface area contributed by atoms with Gasteiger partial charge < -0.3 is 4.52 Å². The number of hydrogen-bond donors (Lipinski definition) is 2. The lowest BCUT2D eigenvalue weighted by Gasteiger charge is -2.27. The summed E-state index contributed by atoms with van der Waals surface area (Å²) in [4.78, 5) is 50.3. The molecule has 180 valence electrons. The van der Waals surface area contributed by atoms with Gasteiger partial charge in [-0.1, -0.05) is 11.2 Å². The van der Waals surface area contributed by atoms with E-state index in [0.717, 1.165) is 10.5 Å². The Morgan fingerprint density at radius 1 is 1.06 bits per heavy atom. The number of amides is 4. The molecule has 1 fully saturated rings. The zero-order chi connectivity index (χ0) is 24.7. The van der Waals surface area contributed by atoms with Gasteiger partial charge in [0.2, 0.25) is 21.8 Å². The molecule has 35 heavy (non-hydrogen) atoms. The fraction of sp³-hybridized carbons (Fsp3) is 0.261. The van der Waals surface area contributed by atoms with Crippen molar-refractivity contribution in [1.29, 1.82) is 0 Å². The third-order valence-electron chi connectivity index (χ3n) is 6.07. The second-order valence-corrected chi connectivity index (χ2v) is 10.1. The van der Waals surface area contributed by atoms with Crippen molar-refractivity contribution in [2.45, 2.75) is 36.6 Å². The molecule has 1 aromatic heterocycles. The number of nitrogens with one attached hydrogen (secondary N) is 2. The minimum absolute atomic E-state index is 0.0534. The minimum atomic E-state index is -3.73. The molecule has 3 aromatic rings. The van der Waals surface area contributed by atoms with Gasteiger partial charge in [0.15, 0.2) is 5.58 Å². The monoisotopic (exact) mass is 496 g/mol. The number of benzene rings is 2. The lowest BCUT2D eigenvalue weighted by atomic mass is 10.0. The van der Waals surface area contributed by atoms with Crippen LogP contribution in [0.3, 0.4) is 0 Å². The molecule has 2 N–H and O–H groups in total. The van der Waals surface area contributed by atoms with E-state index < -0.39 is 39.7 Å². The topological polar surface area (TPSA) is 156 Å². The smallest absolute Gasteiger partial charge is 0.262 e. The molecule has 4 amide bonds. The van der Waals surface area contributed by atoms with Crippen molar-refractivity contribution >= 4 is 44.6 Å². The number of carbonyl (C=O) groups excluding carboxylic acids is 4. The maximum Gasteiger partial charge on any atom is 0.262 e. The number of nitrogens with zero attached hydrogens (tertiary/aromatic N) is 2. The van der Waals surface area contributed by atoms with Crippen LogP contribution in [-0.4, -0.2) is 54.7 Å². The van der Waals surface area contributed by atoms with Crippen molar-refractivity contribution in [2.75, 3.05) is 6.54 Å². The molecule has 12 heteroatoms. The van der Waals surface area contributed by atoms with E-state index in [0.29, 0.717) is 23.8 Å². The van der Waals surface area contributed by atoms with Crippen LogP contribution >= 0.6 is 0 Å². The molecular formula is C23H20N4O7S. The van der Waals surface area contributed by atoms with Crippen molar-refractivity contribution in [3.63, 3.8) is 0 Å². The van der Waals surface area contributed by atoms with Crippen LogP contribution in [0.4, 0.5) is 0 Å². The van der Waals surface area contributed by atoms with Crippen molar-refractivity contribution < 1.29 is 32.1 Å². The first kappa shape index (κ1) is 22.9. The molecule has 0 saturated carbocycles. The summed E-state index contributed by atoms with van der Waals surface area (Å²) in [5.74, 6) is -2.24. The average molecular weight is 497 g/mol. The quantitative estimate of drug-likeness (QED) is 0.364. The third kappa shape index (κ3) is 4.21. The number of aromatic nitrogens is 1. The summed E-state index contributed by atoms with van der Waals surface area (Å²) in [5.41, 5.74) is 1.64. The van der Waals surface area contributed by atoms with Crippen molar-refractivity contribution in [3.8, 4) is 0 Å². The standard InChI is InChI=1S/C23H20N4O7S/c28-20-8-6-18(21(29)26-20)27-22(30)16-5-3-13(10-17(16)23(27)31)2-1-9-25-35(32,33)15-4-7-19-14(11-15)12-24-34-19/h3-5,7,10-12,18,25H,1-2,6,8-9H2,(H,26,28,29). The predicted octanol–water partition coefficient (Wildman–Crippen LogP) is 1.14.